The Bertz CT molecular complexity index is 897. The van der Waals surface area contributed by atoms with Crippen molar-refractivity contribution in [1.82, 2.24) is 4.57 Å². The summed E-state index contributed by atoms with van der Waals surface area (Å²) in [5, 5.41) is 0.889. The Balaban J connectivity index is 1.75. The summed E-state index contributed by atoms with van der Waals surface area (Å²) >= 11 is 0. The fourth-order valence-corrected chi connectivity index (χ4v) is 2.89. The van der Waals surface area contributed by atoms with E-state index >= 15 is 0 Å². The number of fused-ring (bicyclic) bond motifs is 2. The molecule has 0 unspecified atom stereocenters. The highest BCUT2D eigenvalue weighted by atomic mass is 16.7. The maximum atomic E-state index is 11.3. The van der Waals surface area contributed by atoms with Crippen LogP contribution in [0.1, 0.15) is 15.9 Å². The van der Waals surface area contributed by atoms with Gasteiger partial charge in [-0.25, -0.2) is 0 Å². The van der Waals surface area contributed by atoms with Crippen LogP contribution in [0.15, 0.2) is 42.6 Å². The van der Waals surface area contributed by atoms with E-state index in [9.17, 15) is 4.79 Å². The molecule has 3 aromatic rings. The summed E-state index contributed by atoms with van der Waals surface area (Å²) in [6.07, 6.45) is 2.74. The first kappa shape index (κ1) is 13.7. The van der Waals surface area contributed by atoms with E-state index < -0.39 is 0 Å². The summed E-state index contributed by atoms with van der Waals surface area (Å²) in [6.45, 7) is 0.910. The number of hydrogen-bond acceptors (Lipinski definition) is 4. The Hall–Kier alpha value is -2.95. The van der Waals surface area contributed by atoms with Crippen LogP contribution in [0.25, 0.3) is 10.9 Å². The van der Waals surface area contributed by atoms with Gasteiger partial charge in [-0.1, -0.05) is 6.07 Å². The number of carbonyl (C=O) groups is 1. The van der Waals surface area contributed by atoms with E-state index in [4.69, 9.17) is 14.2 Å². The van der Waals surface area contributed by atoms with Crippen molar-refractivity contribution in [2.24, 2.45) is 0 Å². The number of nitrogens with zero attached hydrogens (tertiary/aromatic N) is 1. The Kier molecular flexibility index (Phi) is 3.19. The lowest BCUT2D eigenvalue weighted by molar-refractivity contribution is 0.112. The van der Waals surface area contributed by atoms with E-state index in [0.29, 0.717) is 12.1 Å². The topological polar surface area (TPSA) is 49.7 Å². The highest BCUT2D eigenvalue weighted by Gasteiger charge is 2.14. The van der Waals surface area contributed by atoms with Gasteiger partial charge in [0, 0.05) is 29.2 Å². The van der Waals surface area contributed by atoms with Gasteiger partial charge in [0.2, 0.25) is 6.79 Å². The predicted octanol–water partition coefficient (Wildman–Crippen LogP) is 3.24. The van der Waals surface area contributed by atoms with Crippen molar-refractivity contribution in [2.75, 3.05) is 13.9 Å². The Morgan fingerprint density at radius 1 is 1.17 bits per heavy atom. The number of rotatable bonds is 4. The van der Waals surface area contributed by atoms with Crippen LogP contribution in [0, 0.1) is 0 Å². The van der Waals surface area contributed by atoms with Crippen LogP contribution in [0.4, 0.5) is 0 Å². The molecule has 0 bridgehead atoms. The monoisotopic (exact) mass is 309 g/mol. The fourth-order valence-electron chi connectivity index (χ4n) is 2.89. The molecule has 0 saturated carbocycles. The quantitative estimate of drug-likeness (QED) is 0.694. The predicted molar refractivity (Wildman–Crippen MR) is 85.5 cm³/mol. The Morgan fingerprint density at radius 3 is 2.87 bits per heavy atom. The first-order valence-electron chi connectivity index (χ1n) is 7.29. The van der Waals surface area contributed by atoms with E-state index in [-0.39, 0.29) is 6.79 Å². The lowest BCUT2D eigenvalue weighted by Crippen LogP contribution is -1.98. The first-order chi connectivity index (χ1) is 11.3. The number of benzene rings is 2. The van der Waals surface area contributed by atoms with Gasteiger partial charge in [0.15, 0.2) is 17.8 Å². The van der Waals surface area contributed by atoms with E-state index in [0.717, 1.165) is 40.0 Å². The fraction of sp³-hybridized carbons (Fsp3) is 0.167. The molecule has 1 aliphatic heterocycles. The summed E-state index contributed by atoms with van der Waals surface area (Å²) in [7, 11) is 1.62. The minimum absolute atomic E-state index is 0.264. The third-order valence-corrected chi connectivity index (χ3v) is 4.04. The summed E-state index contributed by atoms with van der Waals surface area (Å²) in [6, 6.07) is 11.6. The third-order valence-electron chi connectivity index (χ3n) is 4.04. The minimum Gasteiger partial charge on any atom is -0.497 e. The molecule has 0 fully saturated rings. The van der Waals surface area contributed by atoms with Crippen molar-refractivity contribution >= 4 is 17.2 Å². The molecule has 0 amide bonds. The summed E-state index contributed by atoms with van der Waals surface area (Å²) in [4.78, 5) is 11.3. The molecule has 0 saturated heterocycles. The summed E-state index contributed by atoms with van der Waals surface area (Å²) in [5.74, 6) is 2.27. The second-order valence-corrected chi connectivity index (χ2v) is 5.40. The summed E-state index contributed by atoms with van der Waals surface area (Å²) in [5.41, 5.74) is 2.73. The number of methoxy groups -OCH3 is 1. The Morgan fingerprint density at radius 2 is 2.04 bits per heavy atom. The van der Waals surface area contributed by atoms with Gasteiger partial charge in [-0.3, -0.25) is 4.79 Å². The van der Waals surface area contributed by atoms with Crippen molar-refractivity contribution in [3.63, 3.8) is 0 Å². The SMILES string of the molecule is COc1ccc2c(c1)c(C=O)cn2Cc1ccc2c(c1)OCO2. The van der Waals surface area contributed by atoms with E-state index in [2.05, 4.69) is 4.57 Å². The zero-order valence-corrected chi connectivity index (χ0v) is 12.6. The molecule has 5 nitrogen and oxygen atoms in total. The molecule has 116 valence electrons. The zero-order chi connectivity index (χ0) is 15.8. The molecule has 23 heavy (non-hydrogen) atoms. The van der Waals surface area contributed by atoms with Crippen molar-refractivity contribution in [2.45, 2.75) is 6.54 Å². The van der Waals surface area contributed by atoms with E-state index in [1.807, 2.05) is 42.6 Å². The maximum absolute atomic E-state index is 11.3. The molecule has 1 aromatic heterocycles. The van der Waals surface area contributed by atoms with Crippen LogP contribution in [0.5, 0.6) is 17.2 Å². The lowest BCUT2D eigenvalue weighted by atomic mass is 10.2. The largest absolute Gasteiger partial charge is 0.497 e. The van der Waals surface area contributed by atoms with Gasteiger partial charge in [-0.05, 0) is 35.9 Å². The molecule has 0 spiro atoms. The van der Waals surface area contributed by atoms with Gasteiger partial charge in [-0.15, -0.1) is 0 Å². The smallest absolute Gasteiger partial charge is 0.231 e. The van der Waals surface area contributed by atoms with Crippen LogP contribution in [-0.4, -0.2) is 24.8 Å². The molecule has 0 aliphatic carbocycles. The molecular formula is C18H15NO4. The second kappa shape index (κ2) is 5.35. The van der Waals surface area contributed by atoms with Crippen LogP contribution in [-0.2, 0) is 6.54 Å². The van der Waals surface area contributed by atoms with Crippen LogP contribution < -0.4 is 14.2 Å². The van der Waals surface area contributed by atoms with Crippen LogP contribution in [0.2, 0.25) is 0 Å². The number of ether oxygens (including phenoxy) is 3. The molecular weight excluding hydrogens is 294 g/mol. The average molecular weight is 309 g/mol. The lowest BCUT2D eigenvalue weighted by Gasteiger charge is -2.07. The van der Waals surface area contributed by atoms with Crippen molar-refractivity contribution in [1.29, 1.82) is 0 Å². The Labute approximate surface area is 133 Å². The highest BCUT2D eigenvalue weighted by molar-refractivity contribution is 5.98. The molecule has 0 N–H and O–H groups in total. The van der Waals surface area contributed by atoms with Crippen molar-refractivity contribution in [3.05, 3.63) is 53.7 Å². The molecule has 2 heterocycles. The number of aromatic nitrogens is 1. The van der Waals surface area contributed by atoms with Gasteiger partial charge >= 0.3 is 0 Å². The van der Waals surface area contributed by atoms with Gasteiger partial charge in [0.1, 0.15) is 5.75 Å². The molecule has 2 aromatic carbocycles. The highest BCUT2D eigenvalue weighted by Crippen LogP contribution is 2.33. The van der Waals surface area contributed by atoms with E-state index in [1.165, 1.54) is 0 Å². The minimum atomic E-state index is 0.264. The van der Waals surface area contributed by atoms with Gasteiger partial charge in [-0.2, -0.15) is 0 Å². The van der Waals surface area contributed by atoms with Crippen molar-refractivity contribution < 1.29 is 19.0 Å². The van der Waals surface area contributed by atoms with Gasteiger partial charge < -0.3 is 18.8 Å². The first-order valence-corrected chi connectivity index (χ1v) is 7.29. The number of aldehydes is 1. The third kappa shape index (κ3) is 2.30. The van der Waals surface area contributed by atoms with Gasteiger partial charge in [0.05, 0.1) is 7.11 Å². The number of carbonyl (C=O) groups excluding carboxylic acids is 1. The molecule has 0 atom stereocenters. The van der Waals surface area contributed by atoms with Gasteiger partial charge in [0.25, 0.3) is 0 Å². The van der Waals surface area contributed by atoms with Crippen LogP contribution >= 0.6 is 0 Å². The molecule has 4 rings (SSSR count). The van der Waals surface area contributed by atoms with Crippen molar-refractivity contribution in [3.8, 4) is 17.2 Å². The zero-order valence-electron chi connectivity index (χ0n) is 12.6. The number of hydrogen-bond donors (Lipinski definition) is 0. The molecule has 5 heteroatoms. The maximum Gasteiger partial charge on any atom is 0.231 e. The standard InChI is InChI=1S/C18H15NO4/c1-21-14-3-4-16-15(7-14)13(10-20)9-19(16)8-12-2-5-17-18(6-12)23-11-22-17/h2-7,9-10H,8,11H2,1H3. The average Bonchev–Trinajstić information content (AvgIpc) is 3.18. The van der Waals surface area contributed by atoms with Crippen LogP contribution in [0.3, 0.4) is 0 Å². The molecule has 0 radical (unpaired) electrons. The van der Waals surface area contributed by atoms with E-state index in [1.54, 1.807) is 7.11 Å². The molecule has 1 aliphatic rings. The summed E-state index contributed by atoms with van der Waals surface area (Å²) < 4.78 is 18.0. The normalized spacial score (nSPS) is 12.6. The second-order valence-electron chi connectivity index (χ2n) is 5.40.